The van der Waals surface area contributed by atoms with Crippen molar-refractivity contribution in [2.45, 2.75) is 20.3 Å². The molecule has 0 aliphatic rings. The number of hydrogen-bond acceptors (Lipinski definition) is 6. The summed E-state index contributed by atoms with van der Waals surface area (Å²) in [5.41, 5.74) is 3.52. The Labute approximate surface area is 190 Å². The van der Waals surface area contributed by atoms with Crippen molar-refractivity contribution in [3.63, 3.8) is 0 Å². The van der Waals surface area contributed by atoms with E-state index in [1.807, 2.05) is 32.0 Å². The summed E-state index contributed by atoms with van der Waals surface area (Å²) >= 11 is 6.34. The fraction of sp³-hybridized carbons (Fsp3) is 0.217. The number of carbonyl (C=O) groups excluding carboxylic acids is 1. The molecule has 0 saturated carbocycles. The topological polar surface area (TPSA) is 106 Å². The number of H-pyrrole nitrogens is 1. The van der Waals surface area contributed by atoms with Crippen LogP contribution in [0.15, 0.2) is 58.4 Å². The van der Waals surface area contributed by atoms with Gasteiger partial charge in [0.05, 0.1) is 30.1 Å². The summed E-state index contributed by atoms with van der Waals surface area (Å²) in [6.45, 7) is 4.81. The van der Waals surface area contributed by atoms with Gasteiger partial charge in [0.1, 0.15) is 5.69 Å². The Morgan fingerprint density at radius 2 is 1.97 bits per heavy atom. The molecule has 1 amide bonds. The highest BCUT2D eigenvalue weighted by Crippen LogP contribution is 2.36. The SMILES string of the molecule is CCCOc1c(Cl)cc(/C=N/NC(=O)c2cc(-c3ccccc3)nc(=O)[nH]2)cc1OCC. The Balaban J connectivity index is 1.77. The van der Waals surface area contributed by atoms with Gasteiger partial charge in [-0.1, -0.05) is 48.9 Å². The van der Waals surface area contributed by atoms with Gasteiger partial charge >= 0.3 is 5.69 Å². The molecule has 1 aromatic heterocycles. The number of benzene rings is 2. The molecule has 8 nitrogen and oxygen atoms in total. The molecule has 0 atom stereocenters. The van der Waals surface area contributed by atoms with Crippen LogP contribution < -0.4 is 20.6 Å². The Morgan fingerprint density at radius 3 is 2.69 bits per heavy atom. The van der Waals surface area contributed by atoms with Gasteiger partial charge in [-0.05, 0) is 37.1 Å². The van der Waals surface area contributed by atoms with E-state index >= 15 is 0 Å². The van der Waals surface area contributed by atoms with Crippen LogP contribution in [-0.2, 0) is 0 Å². The van der Waals surface area contributed by atoms with Gasteiger partial charge in [-0.2, -0.15) is 10.1 Å². The molecule has 1 heterocycles. The van der Waals surface area contributed by atoms with E-state index in [1.165, 1.54) is 12.3 Å². The molecule has 2 aromatic carbocycles. The molecule has 0 spiro atoms. The molecule has 166 valence electrons. The molecule has 0 bridgehead atoms. The quantitative estimate of drug-likeness (QED) is 0.375. The van der Waals surface area contributed by atoms with Crippen LogP contribution in [0.5, 0.6) is 11.5 Å². The number of aromatic amines is 1. The second-order valence-electron chi connectivity index (χ2n) is 6.66. The number of hydrazone groups is 1. The molecule has 0 saturated heterocycles. The van der Waals surface area contributed by atoms with Crippen molar-refractivity contribution >= 4 is 23.7 Å². The number of halogens is 1. The summed E-state index contributed by atoms with van der Waals surface area (Å²) in [4.78, 5) is 30.7. The van der Waals surface area contributed by atoms with E-state index in [0.717, 1.165) is 12.0 Å². The zero-order valence-electron chi connectivity index (χ0n) is 17.7. The second-order valence-corrected chi connectivity index (χ2v) is 7.07. The van der Waals surface area contributed by atoms with Crippen molar-refractivity contribution in [1.29, 1.82) is 0 Å². The number of carbonyl (C=O) groups is 1. The third-order valence-corrected chi connectivity index (χ3v) is 4.50. The zero-order chi connectivity index (χ0) is 22.9. The summed E-state index contributed by atoms with van der Waals surface area (Å²) in [6.07, 6.45) is 2.26. The van der Waals surface area contributed by atoms with E-state index in [0.29, 0.717) is 41.0 Å². The van der Waals surface area contributed by atoms with Gasteiger partial charge in [-0.3, -0.25) is 4.79 Å². The van der Waals surface area contributed by atoms with E-state index in [4.69, 9.17) is 21.1 Å². The average molecular weight is 455 g/mol. The van der Waals surface area contributed by atoms with Crippen molar-refractivity contribution in [2.75, 3.05) is 13.2 Å². The molecular weight excluding hydrogens is 432 g/mol. The highest BCUT2D eigenvalue weighted by Gasteiger charge is 2.13. The van der Waals surface area contributed by atoms with Crippen LogP contribution in [0.3, 0.4) is 0 Å². The van der Waals surface area contributed by atoms with Crippen molar-refractivity contribution < 1.29 is 14.3 Å². The maximum atomic E-state index is 12.5. The summed E-state index contributed by atoms with van der Waals surface area (Å²) < 4.78 is 11.3. The summed E-state index contributed by atoms with van der Waals surface area (Å²) in [5, 5.41) is 4.34. The number of nitrogens with one attached hydrogen (secondary N) is 2. The minimum Gasteiger partial charge on any atom is -0.490 e. The van der Waals surface area contributed by atoms with E-state index in [-0.39, 0.29) is 5.69 Å². The van der Waals surface area contributed by atoms with E-state index in [2.05, 4.69) is 20.5 Å². The smallest absolute Gasteiger partial charge is 0.346 e. The number of amides is 1. The first kappa shape index (κ1) is 23.0. The first-order chi connectivity index (χ1) is 15.5. The maximum Gasteiger partial charge on any atom is 0.346 e. The molecule has 3 rings (SSSR count). The Bertz CT molecular complexity index is 1160. The molecule has 0 unspecified atom stereocenters. The first-order valence-corrected chi connectivity index (χ1v) is 10.5. The molecule has 3 aromatic rings. The van der Waals surface area contributed by atoms with Crippen molar-refractivity contribution in [3.05, 3.63) is 75.3 Å². The fourth-order valence-corrected chi connectivity index (χ4v) is 3.11. The second kappa shape index (κ2) is 11.1. The molecule has 0 aliphatic carbocycles. The van der Waals surface area contributed by atoms with Gasteiger partial charge in [-0.15, -0.1) is 0 Å². The normalized spacial score (nSPS) is 10.8. The standard InChI is InChI=1S/C23H23ClN4O4/c1-3-10-32-21-17(24)11-15(12-20(21)31-4-2)14-25-28-22(29)19-13-18(26-23(30)27-19)16-8-6-5-7-9-16/h5-9,11-14H,3-4,10H2,1-2H3,(H,28,29)(H,26,27,30)/b25-14+. The van der Waals surface area contributed by atoms with E-state index < -0.39 is 11.6 Å². The Kier molecular flexibility index (Phi) is 7.99. The lowest BCUT2D eigenvalue weighted by Crippen LogP contribution is -2.24. The van der Waals surface area contributed by atoms with Crippen LogP contribution in [0.4, 0.5) is 0 Å². The summed E-state index contributed by atoms with van der Waals surface area (Å²) in [5.74, 6) is 0.378. The van der Waals surface area contributed by atoms with Gasteiger partial charge in [0, 0.05) is 5.56 Å². The van der Waals surface area contributed by atoms with Gasteiger partial charge in [-0.25, -0.2) is 10.2 Å². The molecule has 0 radical (unpaired) electrons. The lowest BCUT2D eigenvalue weighted by molar-refractivity contribution is 0.0949. The number of hydrogen-bond donors (Lipinski definition) is 2. The minimum absolute atomic E-state index is 0.0392. The van der Waals surface area contributed by atoms with Crippen molar-refractivity contribution in [2.24, 2.45) is 5.10 Å². The highest BCUT2D eigenvalue weighted by atomic mass is 35.5. The lowest BCUT2D eigenvalue weighted by Gasteiger charge is -2.13. The molecule has 0 fully saturated rings. The third kappa shape index (κ3) is 5.95. The number of aromatic nitrogens is 2. The Morgan fingerprint density at radius 1 is 1.19 bits per heavy atom. The molecule has 32 heavy (non-hydrogen) atoms. The van der Waals surface area contributed by atoms with Gasteiger partial charge in [0.15, 0.2) is 11.5 Å². The summed E-state index contributed by atoms with van der Waals surface area (Å²) in [7, 11) is 0. The van der Waals surface area contributed by atoms with Gasteiger partial charge in [0.25, 0.3) is 5.91 Å². The van der Waals surface area contributed by atoms with Gasteiger partial charge < -0.3 is 14.5 Å². The van der Waals surface area contributed by atoms with Crippen LogP contribution in [0.25, 0.3) is 11.3 Å². The predicted molar refractivity (Wildman–Crippen MR) is 124 cm³/mol. The fourth-order valence-electron chi connectivity index (χ4n) is 2.83. The molecular formula is C23H23ClN4O4. The summed E-state index contributed by atoms with van der Waals surface area (Å²) in [6, 6.07) is 14.0. The first-order valence-electron chi connectivity index (χ1n) is 10.1. The average Bonchev–Trinajstić information content (AvgIpc) is 2.79. The molecule has 9 heteroatoms. The van der Waals surface area contributed by atoms with Crippen LogP contribution in [0.2, 0.25) is 5.02 Å². The van der Waals surface area contributed by atoms with Crippen LogP contribution in [-0.4, -0.2) is 35.3 Å². The zero-order valence-corrected chi connectivity index (χ0v) is 18.5. The van der Waals surface area contributed by atoms with E-state index in [9.17, 15) is 9.59 Å². The Hall–Kier alpha value is -3.65. The van der Waals surface area contributed by atoms with Crippen molar-refractivity contribution in [1.82, 2.24) is 15.4 Å². The van der Waals surface area contributed by atoms with Crippen LogP contribution in [0, 0.1) is 0 Å². The lowest BCUT2D eigenvalue weighted by atomic mass is 10.1. The molecule has 0 aliphatic heterocycles. The van der Waals surface area contributed by atoms with Crippen LogP contribution in [0.1, 0.15) is 36.3 Å². The third-order valence-electron chi connectivity index (χ3n) is 4.22. The monoisotopic (exact) mass is 454 g/mol. The van der Waals surface area contributed by atoms with Crippen molar-refractivity contribution in [3.8, 4) is 22.8 Å². The minimum atomic E-state index is -0.628. The predicted octanol–water partition coefficient (Wildman–Crippen LogP) is 4.04. The maximum absolute atomic E-state index is 12.5. The number of nitrogens with zero attached hydrogens (tertiary/aromatic N) is 2. The van der Waals surface area contributed by atoms with Gasteiger partial charge in [0.2, 0.25) is 0 Å². The van der Waals surface area contributed by atoms with Crippen LogP contribution >= 0.6 is 11.6 Å². The van der Waals surface area contributed by atoms with E-state index in [1.54, 1.807) is 24.3 Å². The largest absolute Gasteiger partial charge is 0.490 e. The molecule has 2 N–H and O–H groups in total. The number of ether oxygens (including phenoxy) is 2. The number of rotatable bonds is 9. The highest BCUT2D eigenvalue weighted by molar-refractivity contribution is 6.32.